The Bertz CT molecular complexity index is 697. The molecule has 0 aromatic heterocycles. The quantitative estimate of drug-likeness (QED) is 0.574. The van der Waals surface area contributed by atoms with Crippen LogP contribution in [0.25, 0.3) is 0 Å². The lowest BCUT2D eigenvalue weighted by atomic mass is 10.2. The monoisotopic (exact) mass is 343 g/mol. The van der Waals surface area contributed by atoms with Gasteiger partial charge in [0.2, 0.25) is 15.9 Å². The first-order valence-electron chi connectivity index (χ1n) is 6.43. The predicted octanol–water partition coefficient (Wildman–Crippen LogP) is -1.13. The lowest BCUT2D eigenvalue weighted by Gasteiger charge is -2.11. The number of rotatable bonds is 7. The van der Waals surface area contributed by atoms with Crippen LogP contribution in [0.4, 0.5) is 0 Å². The molecule has 0 aliphatic heterocycles. The molecule has 1 aromatic rings. The molecule has 0 spiro atoms. The normalized spacial score (nSPS) is 10.9. The number of hydrogen-bond acceptors (Lipinski definition) is 5. The number of aliphatic carboxylic acids is 1. The third kappa shape index (κ3) is 5.68. The molecule has 1 rings (SSSR count). The fourth-order valence-electron chi connectivity index (χ4n) is 1.44. The van der Waals surface area contributed by atoms with Crippen LogP contribution in [-0.2, 0) is 19.6 Å². The Labute approximate surface area is 133 Å². The van der Waals surface area contributed by atoms with Crippen LogP contribution in [0.5, 0.6) is 0 Å². The highest BCUT2D eigenvalue weighted by Gasteiger charge is 2.17. The Hall–Kier alpha value is -2.46. The average Bonchev–Trinajstić information content (AvgIpc) is 2.50. The summed E-state index contributed by atoms with van der Waals surface area (Å²) in [7, 11) is -0.878. The summed E-state index contributed by atoms with van der Waals surface area (Å²) in [5.41, 5.74) is 0.120. The second-order valence-corrected chi connectivity index (χ2v) is 6.48. The summed E-state index contributed by atoms with van der Waals surface area (Å²) in [4.78, 5) is 34.5. The van der Waals surface area contributed by atoms with E-state index in [0.29, 0.717) is 0 Å². The van der Waals surface area contributed by atoms with Gasteiger partial charge in [-0.3, -0.25) is 14.4 Å². The van der Waals surface area contributed by atoms with Crippen LogP contribution >= 0.6 is 0 Å². The first-order valence-corrected chi connectivity index (χ1v) is 7.91. The van der Waals surface area contributed by atoms with Gasteiger partial charge in [0.15, 0.2) is 0 Å². The summed E-state index contributed by atoms with van der Waals surface area (Å²) in [6.07, 6.45) is 0. The maximum absolute atomic E-state index is 12.0. The number of nitrogens with zero attached hydrogens (tertiary/aromatic N) is 1. The molecular weight excluding hydrogens is 326 g/mol. The minimum Gasteiger partial charge on any atom is -0.480 e. The summed E-state index contributed by atoms with van der Waals surface area (Å²) >= 11 is 0. The summed E-state index contributed by atoms with van der Waals surface area (Å²) in [5, 5.41) is 10.6. The van der Waals surface area contributed by atoms with Crippen LogP contribution in [-0.4, -0.2) is 63.4 Å². The number of carbonyl (C=O) groups is 3. The molecule has 23 heavy (non-hydrogen) atoms. The third-order valence-corrected chi connectivity index (χ3v) is 4.16. The molecule has 2 amide bonds. The standard InChI is InChI=1S/C13H17N3O6S/c1-16(2)11(17)7-15-23(21,22)10-5-3-9(4-6-10)13(20)14-8-12(18)19/h3-6,15H,7-8H2,1-2H3,(H,14,20)(H,18,19). The van der Waals surface area contributed by atoms with E-state index in [1.54, 1.807) is 0 Å². The number of carboxylic acids is 1. The highest BCUT2D eigenvalue weighted by atomic mass is 32.2. The number of amides is 2. The Kier molecular flexibility index (Phi) is 6.22. The smallest absolute Gasteiger partial charge is 0.322 e. The van der Waals surface area contributed by atoms with Crippen LogP contribution in [0, 0.1) is 0 Å². The lowest BCUT2D eigenvalue weighted by Crippen LogP contribution is -2.36. The van der Waals surface area contributed by atoms with Crippen LogP contribution < -0.4 is 10.0 Å². The summed E-state index contributed by atoms with van der Waals surface area (Å²) in [6.45, 7) is -0.913. The van der Waals surface area contributed by atoms with Gasteiger partial charge in [0.1, 0.15) is 6.54 Å². The first-order chi connectivity index (χ1) is 10.6. The van der Waals surface area contributed by atoms with Crippen molar-refractivity contribution in [3.63, 3.8) is 0 Å². The molecule has 1 aromatic carbocycles. The highest BCUT2D eigenvalue weighted by molar-refractivity contribution is 7.89. The highest BCUT2D eigenvalue weighted by Crippen LogP contribution is 2.10. The zero-order valence-electron chi connectivity index (χ0n) is 12.6. The molecule has 3 N–H and O–H groups in total. The average molecular weight is 343 g/mol. The molecular formula is C13H17N3O6S. The van der Waals surface area contributed by atoms with Crippen LogP contribution in [0.15, 0.2) is 29.2 Å². The van der Waals surface area contributed by atoms with Gasteiger partial charge in [-0.25, -0.2) is 13.1 Å². The van der Waals surface area contributed by atoms with E-state index in [1.807, 2.05) is 0 Å². The molecule has 9 nitrogen and oxygen atoms in total. The topological polar surface area (TPSA) is 133 Å². The summed E-state index contributed by atoms with van der Waals surface area (Å²) in [6, 6.07) is 4.88. The van der Waals surface area contributed by atoms with Gasteiger partial charge in [0.25, 0.3) is 5.91 Å². The van der Waals surface area contributed by atoms with E-state index in [0.717, 1.165) is 0 Å². The molecule has 10 heteroatoms. The Morgan fingerprint density at radius 2 is 1.65 bits per heavy atom. The minimum atomic E-state index is -3.88. The Morgan fingerprint density at radius 1 is 1.09 bits per heavy atom. The van der Waals surface area contributed by atoms with Crippen molar-refractivity contribution in [2.45, 2.75) is 4.90 Å². The van der Waals surface area contributed by atoms with Crippen molar-refractivity contribution in [1.82, 2.24) is 14.9 Å². The van der Waals surface area contributed by atoms with E-state index in [4.69, 9.17) is 5.11 Å². The van der Waals surface area contributed by atoms with Gasteiger partial charge in [0.05, 0.1) is 11.4 Å². The number of hydrogen-bond donors (Lipinski definition) is 3. The second-order valence-electron chi connectivity index (χ2n) is 4.71. The van der Waals surface area contributed by atoms with Crippen molar-refractivity contribution in [2.24, 2.45) is 0 Å². The summed E-state index contributed by atoms with van der Waals surface area (Å²) < 4.78 is 26.1. The molecule has 0 heterocycles. The first kappa shape index (κ1) is 18.6. The maximum Gasteiger partial charge on any atom is 0.322 e. The molecule has 0 fully saturated rings. The number of carboxylic acid groups (broad SMARTS) is 1. The molecule has 0 atom stereocenters. The van der Waals surface area contributed by atoms with Crippen molar-refractivity contribution in [3.05, 3.63) is 29.8 Å². The van der Waals surface area contributed by atoms with E-state index in [2.05, 4.69) is 10.0 Å². The molecule has 0 radical (unpaired) electrons. The van der Waals surface area contributed by atoms with Gasteiger partial charge in [-0.1, -0.05) is 0 Å². The van der Waals surface area contributed by atoms with Crippen molar-refractivity contribution < 1.29 is 27.9 Å². The molecule has 0 aliphatic rings. The number of carbonyl (C=O) groups excluding carboxylic acids is 2. The van der Waals surface area contributed by atoms with Gasteiger partial charge >= 0.3 is 5.97 Å². The van der Waals surface area contributed by atoms with Crippen molar-refractivity contribution in [3.8, 4) is 0 Å². The number of sulfonamides is 1. The van der Waals surface area contributed by atoms with Crippen molar-refractivity contribution in [2.75, 3.05) is 27.2 Å². The molecule has 126 valence electrons. The van der Waals surface area contributed by atoms with Gasteiger partial charge in [-0.2, -0.15) is 0 Å². The molecule has 0 bridgehead atoms. The van der Waals surface area contributed by atoms with Gasteiger partial charge in [0, 0.05) is 19.7 Å². The predicted molar refractivity (Wildman–Crippen MR) is 80.3 cm³/mol. The van der Waals surface area contributed by atoms with Crippen molar-refractivity contribution >= 4 is 27.8 Å². The van der Waals surface area contributed by atoms with Gasteiger partial charge < -0.3 is 15.3 Å². The van der Waals surface area contributed by atoms with Gasteiger partial charge in [-0.15, -0.1) is 0 Å². The number of likely N-dealkylation sites (N-methyl/N-ethyl adjacent to an activating group) is 1. The Balaban J connectivity index is 2.77. The molecule has 0 saturated heterocycles. The third-order valence-electron chi connectivity index (χ3n) is 2.74. The fourth-order valence-corrected chi connectivity index (χ4v) is 2.42. The number of nitrogens with one attached hydrogen (secondary N) is 2. The lowest BCUT2D eigenvalue weighted by molar-refractivity contribution is -0.135. The van der Waals surface area contributed by atoms with Crippen LogP contribution in [0.2, 0.25) is 0 Å². The minimum absolute atomic E-state index is 0.112. The van der Waals surface area contributed by atoms with E-state index >= 15 is 0 Å². The largest absolute Gasteiger partial charge is 0.480 e. The molecule has 0 aliphatic carbocycles. The molecule has 0 saturated carbocycles. The number of benzene rings is 1. The van der Waals surface area contributed by atoms with E-state index < -0.39 is 34.4 Å². The maximum atomic E-state index is 12.0. The van der Waals surface area contributed by atoms with E-state index in [-0.39, 0.29) is 17.0 Å². The SMILES string of the molecule is CN(C)C(=O)CNS(=O)(=O)c1ccc(C(=O)NCC(=O)O)cc1. The molecule has 0 unspecified atom stereocenters. The summed E-state index contributed by atoms with van der Waals surface area (Å²) in [5.74, 6) is -2.22. The fraction of sp³-hybridized carbons (Fsp3) is 0.308. The Morgan fingerprint density at radius 3 is 2.13 bits per heavy atom. The van der Waals surface area contributed by atoms with Gasteiger partial charge in [-0.05, 0) is 24.3 Å². The van der Waals surface area contributed by atoms with Crippen molar-refractivity contribution in [1.29, 1.82) is 0 Å². The van der Waals surface area contributed by atoms with Crippen LogP contribution in [0.1, 0.15) is 10.4 Å². The van der Waals surface area contributed by atoms with E-state index in [1.165, 1.54) is 43.3 Å². The second kappa shape index (κ2) is 7.70. The zero-order chi connectivity index (χ0) is 17.6. The van der Waals surface area contributed by atoms with Crippen LogP contribution in [0.3, 0.4) is 0 Å². The van der Waals surface area contributed by atoms with E-state index in [9.17, 15) is 22.8 Å². The zero-order valence-corrected chi connectivity index (χ0v) is 13.4.